The fraction of sp³-hybridized carbons (Fsp3) is 0.368. The Hall–Kier alpha value is -3.22. The minimum atomic E-state index is -4.67. The highest BCUT2D eigenvalue weighted by atomic mass is 32.2. The van der Waals surface area contributed by atoms with Crippen LogP contribution >= 0.6 is 0 Å². The topological polar surface area (TPSA) is 118 Å². The Labute approximate surface area is 181 Å². The second kappa shape index (κ2) is 7.73. The normalized spacial score (nSPS) is 12.8. The largest absolute Gasteiger partial charge is 0.465 e. The van der Waals surface area contributed by atoms with Gasteiger partial charge in [-0.1, -0.05) is 6.92 Å². The van der Waals surface area contributed by atoms with Gasteiger partial charge in [-0.05, 0) is 32.9 Å². The molecule has 0 aromatic carbocycles. The number of fused-ring (bicyclic) bond motifs is 1. The van der Waals surface area contributed by atoms with Crippen molar-refractivity contribution in [3.63, 3.8) is 0 Å². The Morgan fingerprint density at radius 1 is 1.22 bits per heavy atom. The zero-order valence-corrected chi connectivity index (χ0v) is 18.4. The molecule has 0 bridgehead atoms. The summed E-state index contributed by atoms with van der Waals surface area (Å²) in [6, 6.07) is 3.21. The molecule has 1 N–H and O–H groups in total. The van der Waals surface area contributed by atoms with Crippen LogP contribution < -0.4 is 4.90 Å². The number of rotatable bonds is 4. The molecule has 3 aromatic heterocycles. The number of carbonyl (C=O) groups is 1. The number of hydrogen-bond acceptors (Lipinski definition) is 6. The van der Waals surface area contributed by atoms with Gasteiger partial charge in [-0.25, -0.2) is 22.7 Å². The van der Waals surface area contributed by atoms with Gasteiger partial charge in [0.2, 0.25) is 0 Å². The van der Waals surface area contributed by atoms with Crippen LogP contribution in [0.2, 0.25) is 0 Å². The van der Waals surface area contributed by atoms with Crippen LogP contribution in [0.15, 0.2) is 35.5 Å². The van der Waals surface area contributed by atoms with Crippen molar-refractivity contribution in [1.82, 2.24) is 19.6 Å². The lowest BCUT2D eigenvalue weighted by Gasteiger charge is -2.33. The van der Waals surface area contributed by atoms with Gasteiger partial charge < -0.3 is 5.11 Å². The van der Waals surface area contributed by atoms with Crippen LogP contribution in [0.5, 0.6) is 0 Å². The predicted octanol–water partition coefficient (Wildman–Crippen LogP) is 3.89. The van der Waals surface area contributed by atoms with E-state index < -0.39 is 33.3 Å². The zero-order chi connectivity index (χ0) is 24.1. The standard InChI is InChI=1S/C19H20F3N5O4S/c1-5-32(30,31)13-8-11(27(17(28)29)18(2,3)4)10-23-16(13)12-6-7-26-15(24-12)9-14(25-26)19(20,21)22/h6-10H,5H2,1-4H3,(H,28,29). The molecule has 3 heterocycles. The third-order valence-corrected chi connectivity index (χ3v) is 6.27. The molecule has 0 atom stereocenters. The molecule has 0 unspecified atom stereocenters. The number of carboxylic acid groups (broad SMARTS) is 1. The number of hydrogen-bond donors (Lipinski definition) is 1. The molecule has 0 radical (unpaired) electrons. The molecule has 0 saturated heterocycles. The molecule has 0 aliphatic heterocycles. The van der Waals surface area contributed by atoms with E-state index in [1.54, 1.807) is 20.8 Å². The first kappa shape index (κ1) is 23.4. The van der Waals surface area contributed by atoms with E-state index in [2.05, 4.69) is 15.1 Å². The first-order valence-electron chi connectivity index (χ1n) is 9.35. The van der Waals surface area contributed by atoms with Crippen LogP contribution in [0.3, 0.4) is 0 Å². The van der Waals surface area contributed by atoms with E-state index >= 15 is 0 Å². The molecule has 3 rings (SSSR count). The van der Waals surface area contributed by atoms with Crippen LogP contribution in [0.1, 0.15) is 33.4 Å². The molecule has 3 aromatic rings. The summed E-state index contributed by atoms with van der Waals surface area (Å²) in [7, 11) is -3.90. The quantitative estimate of drug-likeness (QED) is 0.613. The minimum Gasteiger partial charge on any atom is -0.465 e. The summed E-state index contributed by atoms with van der Waals surface area (Å²) in [4.78, 5) is 20.7. The van der Waals surface area contributed by atoms with E-state index in [0.717, 1.165) is 15.5 Å². The van der Waals surface area contributed by atoms with Gasteiger partial charge >= 0.3 is 12.3 Å². The van der Waals surface area contributed by atoms with Gasteiger partial charge in [-0.3, -0.25) is 9.88 Å². The third-order valence-electron chi connectivity index (χ3n) is 4.53. The molecule has 0 aliphatic rings. The minimum absolute atomic E-state index is 0.00216. The Balaban J connectivity index is 2.23. The van der Waals surface area contributed by atoms with E-state index in [-0.39, 0.29) is 33.4 Å². The lowest BCUT2D eigenvalue weighted by Crippen LogP contribution is -2.45. The molecular formula is C19H20F3N5O4S. The number of amides is 1. The molecule has 0 fully saturated rings. The first-order chi connectivity index (χ1) is 14.6. The van der Waals surface area contributed by atoms with Crippen LogP contribution in [-0.4, -0.2) is 50.5 Å². The van der Waals surface area contributed by atoms with Crippen molar-refractivity contribution in [2.75, 3.05) is 10.7 Å². The second-order valence-electron chi connectivity index (χ2n) is 7.88. The molecule has 172 valence electrons. The number of alkyl halides is 3. The second-order valence-corrected chi connectivity index (χ2v) is 10.1. The van der Waals surface area contributed by atoms with Gasteiger partial charge in [-0.2, -0.15) is 18.3 Å². The molecule has 0 saturated carbocycles. The van der Waals surface area contributed by atoms with Crippen molar-refractivity contribution >= 4 is 27.3 Å². The Morgan fingerprint density at radius 3 is 2.41 bits per heavy atom. The van der Waals surface area contributed by atoms with Gasteiger partial charge in [-0.15, -0.1) is 0 Å². The maximum absolute atomic E-state index is 12.9. The van der Waals surface area contributed by atoms with Gasteiger partial charge in [0.25, 0.3) is 0 Å². The third kappa shape index (κ3) is 4.38. The maximum Gasteiger partial charge on any atom is 0.435 e. The van der Waals surface area contributed by atoms with E-state index in [0.29, 0.717) is 0 Å². The summed E-state index contributed by atoms with van der Waals surface area (Å²) >= 11 is 0. The summed E-state index contributed by atoms with van der Waals surface area (Å²) < 4.78 is 65.3. The van der Waals surface area contributed by atoms with E-state index in [1.807, 2.05) is 0 Å². The van der Waals surface area contributed by atoms with Crippen molar-refractivity contribution in [2.24, 2.45) is 0 Å². The van der Waals surface area contributed by atoms with E-state index in [4.69, 9.17) is 0 Å². The fourth-order valence-electron chi connectivity index (χ4n) is 3.08. The molecule has 32 heavy (non-hydrogen) atoms. The SMILES string of the molecule is CCS(=O)(=O)c1cc(N(C(=O)O)C(C)(C)C)cnc1-c1ccn2nc(C(F)(F)F)cc2n1. The molecule has 9 nitrogen and oxygen atoms in total. The highest BCUT2D eigenvalue weighted by Crippen LogP contribution is 2.33. The maximum atomic E-state index is 12.9. The fourth-order valence-corrected chi connectivity index (χ4v) is 4.14. The molecule has 1 amide bonds. The van der Waals surface area contributed by atoms with Gasteiger partial charge in [0, 0.05) is 17.8 Å². The number of pyridine rings is 1. The number of aromatic nitrogens is 4. The lowest BCUT2D eigenvalue weighted by atomic mass is 10.1. The zero-order valence-electron chi connectivity index (χ0n) is 17.5. The van der Waals surface area contributed by atoms with Crippen LogP contribution in [-0.2, 0) is 16.0 Å². The summed E-state index contributed by atoms with van der Waals surface area (Å²) in [5.41, 5.74) is -2.26. The highest BCUT2D eigenvalue weighted by molar-refractivity contribution is 7.91. The molecule has 0 aliphatic carbocycles. The van der Waals surface area contributed by atoms with Crippen molar-refractivity contribution in [1.29, 1.82) is 0 Å². The molecule has 13 heteroatoms. The highest BCUT2D eigenvalue weighted by Gasteiger charge is 2.35. The molecular weight excluding hydrogens is 451 g/mol. The van der Waals surface area contributed by atoms with Gasteiger partial charge in [0.05, 0.1) is 28.2 Å². The summed E-state index contributed by atoms with van der Waals surface area (Å²) in [6.07, 6.45) is -3.57. The monoisotopic (exact) mass is 471 g/mol. The first-order valence-corrected chi connectivity index (χ1v) is 11.0. The van der Waals surface area contributed by atoms with Gasteiger partial charge in [0.15, 0.2) is 21.2 Å². The number of nitrogens with zero attached hydrogens (tertiary/aromatic N) is 5. The van der Waals surface area contributed by atoms with E-state index in [9.17, 15) is 31.5 Å². The molecule has 0 spiro atoms. The number of sulfone groups is 1. The smallest absolute Gasteiger partial charge is 0.435 e. The van der Waals surface area contributed by atoms with Crippen molar-refractivity contribution in [3.8, 4) is 11.4 Å². The Morgan fingerprint density at radius 2 is 1.88 bits per heavy atom. The number of anilines is 1. The van der Waals surface area contributed by atoms with Crippen molar-refractivity contribution in [2.45, 2.75) is 44.3 Å². The van der Waals surface area contributed by atoms with Crippen molar-refractivity contribution < 1.29 is 31.5 Å². The predicted molar refractivity (Wildman–Crippen MR) is 109 cm³/mol. The van der Waals surface area contributed by atoms with Crippen LogP contribution in [0, 0.1) is 0 Å². The summed E-state index contributed by atoms with van der Waals surface area (Å²) in [5, 5.41) is 13.0. The average molecular weight is 471 g/mol. The van der Waals surface area contributed by atoms with Gasteiger partial charge in [0.1, 0.15) is 5.69 Å². The number of halogens is 3. The van der Waals surface area contributed by atoms with Crippen molar-refractivity contribution in [3.05, 3.63) is 36.3 Å². The Kier molecular flexibility index (Phi) is 5.66. The van der Waals surface area contributed by atoms with E-state index in [1.165, 1.54) is 31.5 Å². The Bertz CT molecular complexity index is 1300. The average Bonchev–Trinajstić information content (AvgIpc) is 3.10. The van der Waals surface area contributed by atoms with Crippen LogP contribution in [0.4, 0.5) is 23.7 Å². The van der Waals surface area contributed by atoms with Crippen LogP contribution in [0.25, 0.3) is 17.0 Å². The summed E-state index contributed by atoms with van der Waals surface area (Å²) in [6.45, 7) is 6.32. The summed E-state index contributed by atoms with van der Waals surface area (Å²) in [5.74, 6) is -0.305. The lowest BCUT2D eigenvalue weighted by molar-refractivity contribution is -0.141.